The lowest BCUT2D eigenvalue weighted by Crippen LogP contribution is -2.27. The molecule has 0 fully saturated rings. The largest absolute Gasteiger partial charge is 0.324 e. The molecule has 6 nitrogen and oxygen atoms in total. The van der Waals surface area contributed by atoms with Crippen molar-refractivity contribution in [3.05, 3.63) is 75.8 Å². The number of hydrogen-bond acceptors (Lipinski definition) is 5. The van der Waals surface area contributed by atoms with E-state index in [1.807, 2.05) is 63.2 Å². The van der Waals surface area contributed by atoms with Gasteiger partial charge in [0.15, 0.2) is 0 Å². The number of carbonyl (C=O) groups is 1. The molecule has 1 N–H and O–H groups in total. The Labute approximate surface area is 172 Å². The molecular weight excluding hydrogens is 384 g/mol. The molecule has 0 atom stereocenters. The number of amides is 1. The average molecular weight is 404 g/mol. The van der Waals surface area contributed by atoms with Gasteiger partial charge in [-0.15, -0.1) is 0 Å². The molecule has 0 bridgehead atoms. The fourth-order valence-corrected chi connectivity index (χ4v) is 3.97. The van der Waals surface area contributed by atoms with Gasteiger partial charge in [0.1, 0.15) is 22.5 Å². The summed E-state index contributed by atoms with van der Waals surface area (Å²) in [7, 11) is 0. The maximum Gasteiger partial charge on any atom is 0.273 e. The lowest BCUT2D eigenvalue weighted by atomic mass is 10.1. The second-order valence-corrected chi connectivity index (χ2v) is 7.90. The van der Waals surface area contributed by atoms with Gasteiger partial charge in [0.05, 0.1) is 6.33 Å². The zero-order valence-corrected chi connectivity index (χ0v) is 17.2. The van der Waals surface area contributed by atoms with Crippen LogP contribution < -0.4 is 10.9 Å². The highest BCUT2D eigenvalue weighted by molar-refractivity contribution is 7.13. The van der Waals surface area contributed by atoms with Crippen LogP contribution in [0.2, 0.25) is 0 Å². The molecule has 0 spiro atoms. The Morgan fingerprint density at radius 1 is 1.10 bits per heavy atom. The number of rotatable bonds is 4. The van der Waals surface area contributed by atoms with Gasteiger partial charge in [0.25, 0.3) is 5.56 Å². The predicted octanol–water partition coefficient (Wildman–Crippen LogP) is 4.08. The molecule has 2 aromatic heterocycles. The Bertz CT molecular complexity index is 1290. The van der Waals surface area contributed by atoms with Crippen molar-refractivity contribution >= 4 is 33.3 Å². The molecule has 146 valence electrons. The fraction of sp³-hybridized carbons (Fsp3) is 0.182. The third-order valence-corrected chi connectivity index (χ3v) is 5.55. The average Bonchev–Trinajstić information content (AvgIpc) is 3.12. The van der Waals surface area contributed by atoms with Gasteiger partial charge in [-0.05, 0) is 55.6 Å². The van der Waals surface area contributed by atoms with E-state index in [2.05, 4.69) is 14.7 Å². The number of fused-ring (bicyclic) bond motifs is 1. The summed E-state index contributed by atoms with van der Waals surface area (Å²) in [5.74, 6) is -0.273. The highest BCUT2D eigenvalue weighted by Crippen LogP contribution is 2.27. The number of anilines is 1. The van der Waals surface area contributed by atoms with Crippen LogP contribution >= 0.6 is 11.5 Å². The lowest BCUT2D eigenvalue weighted by molar-refractivity contribution is -0.116. The molecule has 0 radical (unpaired) electrons. The number of hydrogen-bond donors (Lipinski definition) is 1. The minimum Gasteiger partial charge on any atom is -0.324 e. The van der Waals surface area contributed by atoms with Gasteiger partial charge in [-0.2, -0.15) is 4.37 Å². The number of aryl methyl sites for hydroxylation is 3. The summed E-state index contributed by atoms with van der Waals surface area (Å²) in [5, 5.41) is 2.87. The summed E-state index contributed by atoms with van der Waals surface area (Å²) in [6.45, 7) is 5.80. The highest BCUT2D eigenvalue weighted by Gasteiger charge is 2.16. The van der Waals surface area contributed by atoms with E-state index in [1.165, 1.54) is 10.9 Å². The van der Waals surface area contributed by atoms with E-state index in [0.717, 1.165) is 39.5 Å². The third-order valence-electron chi connectivity index (χ3n) is 4.72. The molecule has 7 heteroatoms. The molecule has 29 heavy (non-hydrogen) atoms. The van der Waals surface area contributed by atoms with Crippen LogP contribution in [0.4, 0.5) is 5.69 Å². The van der Waals surface area contributed by atoms with Crippen molar-refractivity contribution < 1.29 is 4.79 Å². The first kappa shape index (κ1) is 19.0. The first-order valence-electron chi connectivity index (χ1n) is 9.21. The van der Waals surface area contributed by atoms with Crippen LogP contribution in [0.1, 0.15) is 16.7 Å². The maximum absolute atomic E-state index is 12.9. The van der Waals surface area contributed by atoms with Gasteiger partial charge in [-0.25, -0.2) is 4.98 Å². The zero-order valence-electron chi connectivity index (χ0n) is 16.4. The monoisotopic (exact) mass is 404 g/mol. The molecule has 0 saturated carbocycles. The second kappa shape index (κ2) is 7.60. The second-order valence-electron chi connectivity index (χ2n) is 7.12. The topological polar surface area (TPSA) is 76.9 Å². The number of nitrogens with one attached hydrogen (secondary N) is 1. The van der Waals surface area contributed by atoms with Gasteiger partial charge >= 0.3 is 0 Å². The predicted molar refractivity (Wildman–Crippen MR) is 116 cm³/mol. The Morgan fingerprint density at radius 3 is 2.69 bits per heavy atom. The number of nitrogens with zero attached hydrogens (tertiary/aromatic N) is 3. The Hall–Kier alpha value is -3.32. The van der Waals surface area contributed by atoms with Gasteiger partial charge < -0.3 is 5.32 Å². The van der Waals surface area contributed by atoms with Crippen LogP contribution in [0.15, 0.2) is 53.6 Å². The minimum absolute atomic E-state index is 0.104. The lowest BCUT2D eigenvalue weighted by Gasteiger charge is -2.10. The fourth-order valence-electron chi connectivity index (χ4n) is 3.17. The van der Waals surface area contributed by atoms with Crippen LogP contribution in [0.5, 0.6) is 0 Å². The van der Waals surface area contributed by atoms with Crippen molar-refractivity contribution in [2.24, 2.45) is 0 Å². The molecule has 0 aliphatic rings. The molecular formula is C22H20N4O2S. The summed E-state index contributed by atoms with van der Waals surface area (Å²) >= 11 is 1.11. The Kier molecular flexibility index (Phi) is 4.98. The number of aromatic nitrogens is 3. The number of carbonyl (C=O) groups excluding carboxylic acids is 1. The molecule has 4 aromatic rings. The molecule has 0 aliphatic carbocycles. The van der Waals surface area contributed by atoms with Crippen molar-refractivity contribution in [3.63, 3.8) is 0 Å². The molecule has 0 aliphatic heterocycles. The molecule has 4 rings (SSSR count). The van der Waals surface area contributed by atoms with Crippen molar-refractivity contribution in [1.82, 2.24) is 13.9 Å². The third kappa shape index (κ3) is 3.82. The first-order chi connectivity index (χ1) is 13.9. The molecule has 0 saturated heterocycles. The molecule has 0 unspecified atom stereocenters. The van der Waals surface area contributed by atoms with Gasteiger partial charge in [-0.1, -0.05) is 35.9 Å². The maximum atomic E-state index is 12.9. The smallest absolute Gasteiger partial charge is 0.273 e. The quantitative estimate of drug-likeness (QED) is 0.556. The van der Waals surface area contributed by atoms with Crippen LogP contribution in [0, 0.1) is 20.8 Å². The van der Waals surface area contributed by atoms with E-state index < -0.39 is 0 Å². The van der Waals surface area contributed by atoms with Crippen LogP contribution in [-0.2, 0) is 11.3 Å². The van der Waals surface area contributed by atoms with Crippen LogP contribution in [0.3, 0.4) is 0 Å². The van der Waals surface area contributed by atoms with Crippen molar-refractivity contribution in [2.75, 3.05) is 5.32 Å². The highest BCUT2D eigenvalue weighted by atomic mass is 32.1. The summed E-state index contributed by atoms with van der Waals surface area (Å²) in [5.41, 5.74) is 5.80. The first-order valence-corrected chi connectivity index (χ1v) is 9.98. The summed E-state index contributed by atoms with van der Waals surface area (Å²) in [6, 6.07) is 13.8. The number of benzene rings is 2. The Morgan fingerprint density at radius 2 is 1.90 bits per heavy atom. The van der Waals surface area contributed by atoms with Gasteiger partial charge in [-0.3, -0.25) is 14.2 Å². The van der Waals surface area contributed by atoms with E-state index >= 15 is 0 Å². The standard InChI is InChI=1S/C22H20N4O2S/c1-13-5-4-6-16(9-13)19-20-21(29-25-19)22(28)26(12-23-20)11-18(27)24-17-10-14(2)7-8-15(17)3/h4-10,12H,11H2,1-3H3,(H,24,27). The summed E-state index contributed by atoms with van der Waals surface area (Å²) in [4.78, 5) is 29.8. The van der Waals surface area contributed by atoms with Crippen molar-refractivity contribution in [1.29, 1.82) is 0 Å². The normalized spacial score (nSPS) is 11.0. The van der Waals surface area contributed by atoms with Crippen molar-refractivity contribution in [2.45, 2.75) is 27.3 Å². The molecule has 2 aromatic carbocycles. The zero-order chi connectivity index (χ0) is 20.5. The van der Waals surface area contributed by atoms with Crippen LogP contribution in [0.25, 0.3) is 21.5 Å². The van der Waals surface area contributed by atoms with E-state index in [-0.39, 0.29) is 18.0 Å². The summed E-state index contributed by atoms with van der Waals surface area (Å²) in [6.07, 6.45) is 1.42. The SMILES string of the molecule is Cc1cccc(-c2nsc3c(=O)n(CC(=O)Nc4cc(C)ccc4C)cnc23)c1. The van der Waals surface area contributed by atoms with Gasteiger partial charge in [0, 0.05) is 11.3 Å². The Balaban J connectivity index is 1.62. The van der Waals surface area contributed by atoms with Crippen LogP contribution in [-0.4, -0.2) is 19.8 Å². The van der Waals surface area contributed by atoms with E-state index in [9.17, 15) is 9.59 Å². The van der Waals surface area contributed by atoms with E-state index in [0.29, 0.717) is 15.9 Å². The summed E-state index contributed by atoms with van der Waals surface area (Å²) < 4.78 is 6.21. The minimum atomic E-state index is -0.273. The molecule has 1 amide bonds. The van der Waals surface area contributed by atoms with E-state index in [4.69, 9.17) is 0 Å². The molecule has 2 heterocycles. The van der Waals surface area contributed by atoms with Crippen molar-refractivity contribution in [3.8, 4) is 11.3 Å². The van der Waals surface area contributed by atoms with Gasteiger partial charge in [0.2, 0.25) is 5.91 Å². The van der Waals surface area contributed by atoms with E-state index in [1.54, 1.807) is 0 Å².